The normalized spacial score (nSPS) is 27.7. The number of hydrogen-bond acceptors (Lipinski definition) is 5. The summed E-state index contributed by atoms with van der Waals surface area (Å²) in [5, 5.41) is 0. The fourth-order valence-corrected chi connectivity index (χ4v) is 5.66. The molecule has 1 saturated heterocycles. The molecule has 3 aliphatic heterocycles. The van der Waals surface area contributed by atoms with Crippen LogP contribution in [0, 0.1) is 5.41 Å². The Bertz CT molecular complexity index is 1030. The number of halogens is 1. The molecule has 1 unspecified atom stereocenters. The van der Waals surface area contributed by atoms with Crippen LogP contribution in [-0.2, 0) is 15.0 Å². The highest BCUT2D eigenvalue weighted by Crippen LogP contribution is 2.67. The van der Waals surface area contributed by atoms with E-state index >= 15 is 0 Å². The molecule has 0 aromatic heterocycles. The van der Waals surface area contributed by atoms with Crippen LogP contribution in [0.2, 0.25) is 0 Å². The lowest BCUT2D eigenvalue weighted by atomic mass is 9.49. The van der Waals surface area contributed by atoms with E-state index in [0.29, 0.717) is 19.8 Å². The van der Waals surface area contributed by atoms with E-state index in [1.807, 2.05) is 31.2 Å². The first-order chi connectivity index (χ1) is 15.5. The van der Waals surface area contributed by atoms with Gasteiger partial charge in [0.25, 0.3) is 6.02 Å². The third kappa shape index (κ3) is 2.88. The predicted molar refractivity (Wildman–Crippen MR) is 123 cm³/mol. The number of unbranched alkanes of at least 4 members (excludes halogenated alkanes) is 1. The van der Waals surface area contributed by atoms with Crippen LogP contribution >= 0.6 is 0 Å². The molecule has 3 spiro atoms. The molecule has 6 heteroatoms. The van der Waals surface area contributed by atoms with Gasteiger partial charge < -0.3 is 19.9 Å². The molecular formula is C26H31FN2O3. The van der Waals surface area contributed by atoms with Crippen LogP contribution in [0.4, 0.5) is 4.39 Å². The minimum absolute atomic E-state index is 0.210. The Morgan fingerprint density at radius 2 is 2.06 bits per heavy atom. The van der Waals surface area contributed by atoms with Crippen LogP contribution < -0.4 is 10.5 Å². The largest absolute Gasteiger partial charge is 0.486 e. The van der Waals surface area contributed by atoms with Gasteiger partial charge in [-0.05, 0) is 68.0 Å². The van der Waals surface area contributed by atoms with Gasteiger partial charge in [-0.1, -0.05) is 31.6 Å². The maximum Gasteiger partial charge on any atom is 0.283 e. The molecule has 1 aliphatic carbocycles. The second-order valence-corrected chi connectivity index (χ2v) is 9.30. The second-order valence-electron chi connectivity index (χ2n) is 9.30. The van der Waals surface area contributed by atoms with Crippen molar-refractivity contribution in [1.82, 2.24) is 0 Å². The zero-order chi connectivity index (χ0) is 22.4. The standard InChI is InChI=1S/C26H31FN2O3/c1-3-5-6-8-20(27)13-18(4-2)19-9-10-22-21(14-19)26(17-31-23(28)29-26)24(15-30-16-24)25(32-22)11-7-12-25/h4,6,8-10,13-14H,3,5,7,11-12,15-17H2,1-2H3,(H2,28,29). The van der Waals surface area contributed by atoms with E-state index in [9.17, 15) is 4.39 Å². The number of allylic oxidation sites excluding steroid dienone is 6. The molecule has 32 heavy (non-hydrogen) atoms. The van der Waals surface area contributed by atoms with Crippen molar-refractivity contribution in [3.05, 3.63) is 59.5 Å². The maximum absolute atomic E-state index is 14.5. The first kappa shape index (κ1) is 21.3. The third-order valence-electron chi connectivity index (χ3n) is 7.65. The van der Waals surface area contributed by atoms with Crippen LogP contribution in [0.1, 0.15) is 57.1 Å². The summed E-state index contributed by atoms with van der Waals surface area (Å²) >= 11 is 0. The lowest BCUT2D eigenvalue weighted by Crippen LogP contribution is -2.75. The van der Waals surface area contributed by atoms with Crippen LogP contribution in [0.25, 0.3) is 5.57 Å². The molecule has 0 amide bonds. The van der Waals surface area contributed by atoms with Crippen molar-refractivity contribution in [3.63, 3.8) is 0 Å². The van der Waals surface area contributed by atoms with Gasteiger partial charge >= 0.3 is 0 Å². The number of aliphatic imine (C=N–C) groups is 1. The van der Waals surface area contributed by atoms with Gasteiger partial charge in [-0.25, -0.2) is 9.38 Å². The molecule has 0 bridgehead atoms. The number of hydrogen-bond donors (Lipinski definition) is 1. The average Bonchev–Trinajstić information content (AvgIpc) is 3.11. The summed E-state index contributed by atoms with van der Waals surface area (Å²) in [6.45, 7) is 5.51. The minimum Gasteiger partial charge on any atom is -0.486 e. The highest BCUT2D eigenvalue weighted by atomic mass is 19.1. The van der Waals surface area contributed by atoms with E-state index in [2.05, 4.69) is 13.0 Å². The van der Waals surface area contributed by atoms with Gasteiger partial charge in [0.15, 0.2) is 0 Å². The maximum atomic E-state index is 14.5. The summed E-state index contributed by atoms with van der Waals surface area (Å²) in [4.78, 5) is 4.90. The van der Waals surface area contributed by atoms with Gasteiger partial charge in [0.2, 0.25) is 0 Å². The fraction of sp³-hybridized carbons (Fsp3) is 0.500. The molecule has 0 radical (unpaired) electrons. The van der Waals surface area contributed by atoms with Crippen molar-refractivity contribution in [2.75, 3.05) is 19.8 Å². The Balaban J connectivity index is 1.59. The first-order valence-electron chi connectivity index (χ1n) is 11.6. The Labute approximate surface area is 188 Å². The number of ether oxygens (including phenoxy) is 3. The number of fused-ring (bicyclic) bond motifs is 4. The van der Waals surface area contributed by atoms with Gasteiger partial charge in [-0.3, -0.25) is 0 Å². The summed E-state index contributed by atoms with van der Waals surface area (Å²) in [6.07, 6.45) is 11.8. The summed E-state index contributed by atoms with van der Waals surface area (Å²) < 4.78 is 32.7. The molecule has 2 fully saturated rings. The molecular weight excluding hydrogens is 407 g/mol. The topological polar surface area (TPSA) is 66.1 Å². The summed E-state index contributed by atoms with van der Waals surface area (Å²) in [5.74, 6) is 0.551. The van der Waals surface area contributed by atoms with Gasteiger partial charge in [0.05, 0.1) is 18.6 Å². The van der Waals surface area contributed by atoms with Crippen molar-refractivity contribution in [2.24, 2.45) is 16.1 Å². The van der Waals surface area contributed by atoms with E-state index in [0.717, 1.165) is 54.6 Å². The molecule has 3 heterocycles. The van der Waals surface area contributed by atoms with E-state index in [1.54, 1.807) is 6.08 Å². The monoisotopic (exact) mass is 438 g/mol. The lowest BCUT2D eigenvalue weighted by molar-refractivity contribution is -0.281. The van der Waals surface area contributed by atoms with Gasteiger partial charge in [0, 0.05) is 5.56 Å². The molecule has 1 atom stereocenters. The quantitative estimate of drug-likeness (QED) is 0.644. The van der Waals surface area contributed by atoms with E-state index in [1.165, 1.54) is 6.08 Å². The van der Waals surface area contributed by atoms with Crippen LogP contribution in [0.5, 0.6) is 5.75 Å². The molecule has 1 aromatic carbocycles. The molecule has 1 saturated carbocycles. The number of rotatable bonds is 5. The SMILES string of the molecule is CC=C(C=C(F)C=CCCC)c1ccc2c(c1)C1(COC(N)=N1)C1(COC1)C1(CCC1)O2. The van der Waals surface area contributed by atoms with E-state index in [4.69, 9.17) is 24.9 Å². The third-order valence-corrected chi connectivity index (χ3v) is 7.65. The zero-order valence-corrected chi connectivity index (χ0v) is 18.8. The Morgan fingerprint density at radius 3 is 2.62 bits per heavy atom. The van der Waals surface area contributed by atoms with Gasteiger partial charge in [0.1, 0.15) is 29.3 Å². The summed E-state index contributed by atoms with van der Waals surface area (Å²) in [7, 11) is 0. The van der Waals surface area contributed by atoms with Crippen LogP contribution in [0.3, 0.4) is 0 Å². The number of amidine groups is 1. The first-order valence-corrected chi connectivity index (χ1v) is 11.6. The molecule has 2 N–H and O–H groups in total. The van der Waals surface area contributed by atoms with Crippen molar-refractivity contribution in [1.29, 1.82) is 0 Å². The summed E-state index contributed by atoms with van der Waals surface area (Å²) in [6, 6.07) is 6.26. The predicted octanol–water partition coefficient (Wildman–Crippen LogP) is 5.17. The second kappa shape index (κ2) is 7.77. The van der Waals surface area contributed by atoms with Crippen LogP contribution in [-0.4, -0.2) is 31.4 Å². The average molecular weight is 439 g/mol. The van der Waals surface area contributed by atoms with Crippen molar-refractivity contribution >= 4 is 11.6 Å². The van der Waals surface area contributed by atoms with Crippen LogP contribution in [0.15, 0.2) is 53.3 Å². The van der Waals surface area contributed by atoms with Crippen molar-refractivity contribution < 1.29 is 18.6 Å². The lowest BCUT2D eigenvalue weighted by Gasteiger charge is -2.66. The highest BCUT2D eigenvalue weighted by molar-refractivity contribution is 5.78. The highest BCUT2D eigenvalue weighted by Gasteiger charge is 2.75. The summed E-state index contributed by atoms with van der Waals surface area (Å²) in [5.41, 5.74) is 7.48. The van der Waals surface area contributed by atoms with Crippen molar-refractivity contribution in [3.8, 4) is 5.75 Å². The van der Waals surface area contributed by atoms with E-state index < -0.39 is 5.54 Å². The number of nitrogens with zero attached hydrogens (tertiary/aromatic N) is 1. The molecule has 5 rings (SSSR count). The molecule has 4 aliphatic rings. The molecule has 5 nitrogen and oxygen atoms in total. The Morgan fingerprint density at radius 1 is 1.25 bits per heavy atom. The van der Waals surface area contributed by atoms with Gasteiger partial charge in [-0.15, -0.1) is 0 Å². The van der Waals surface area contributed by atoms with Gasteiger partial charge in [-0.2, -0.15) is 0 Å². The number of nitrogens with two attached hydrogens (primary N) is 1. The Hall–Kier alpha value is -2.60. The van der Waals surface area contributed by atoms with Crippen molar-refractivity contribution in [2.45, 2.75) is 57.1 Å². The smallest absolute Gasteiger partial charge is 0.283 e. The van der Waals surface area contributed by atoms with E-state index in [-0.39, 0.29) is 22.9 Å². The Kier molecular flexibility index (Phi) is 5.16. The zero-order valence-electron chi connectivity index (χ0n) is 18.8. The minimum atomic E-state index is -0.651. The molecule has 170 valence electrons. The molecule has 1 aromatic rings. The fourth-order valence-electron chi connectivity index (χ4n) is 5.66. The number of benzene rings is 1.